The van der Waals surface area contributed by atoms with E-state index in [0.29, 0.717) is 18.4 Å². The molecule has 3 aromatic carbocycles. The predicted molar refractivity (Wildman–Crippen MR) is 133 cm³/mol. The summed E-state index contributed by atoms with van der Waals surface area (Å²) in [5.41, 5.74) is 3.44. The lowest BCUT2D eigenvalue weighted by molar-refractivity contribution is -0.142. The van der Waals surface area contributed by atoms with Crippen molar-refractivity contribution in [1.82, 2.24) is 0 Å². The molecule has 2 atom stereocenters. The van der Waals surface area contributed by atoms with Crippen LogP contribution >= 0.6 is 0 Å². The van der Waals surface area contributed by atoms with Gasteiger partial charge in [0, 0.05) is 0 Å². The first-order valence-electron chi connectivity index (χ1n) is 12.3. The number of rotatable bonds is 10. The highest BCUT2D eigenvalue weighted by molar-refractivity contribution is 5.71. The molecule has 0 aromatic heterocycles. The van der Waals surface area contributed by atoms with Crippen LogP contribution in [0.3, 0.4) is 0 Å². The lowest BCUT2D eigenvalue weighted by atomic mass is 9.82. The molecule has 2 saturated carbocycles. The topological polar surface area (TPSA) is 55.8 Å². The molecular weight excluding hydrogens is 424 g/mol. The minimum Gasteiger partial charge on any atom is -0.493 e. The van der Waals surface area contributed by atoms with Gasteiger partial charge in [-0.05, 0) is 84.4 Å². The maximum absolute atomic E-state index is 11.6. The van der Waals surface area contributed by atoms with Gasteiger partial charge in [0.25, 0.3) is 0 Å². The van der Waals surface area contributed by atoms with Crippen LogP contribution in [0.15, 0.2) is 78.9 Å². The zero-order valence-electron chi connectivity index (χ0n) is 19.6. The van der Waals surface area contributed by atoms with Crippen LogP contribution in [0.2, 0.25) is 0 Å². The van der Waals surface area contributed by atoms with Crippen LogP contribution in [0.25, 0.3) is 11.1 Å². The summed E-state index contributed by atoms with van der Waals surface area (Å²) in [4.78, 5) is 11.6. The van der Waals surface area contributed by atoms with Crippen LogP contribution in [-0.4, -0.2) is 23.8 Å². The summed E-state index contributed by atoms with van der Waals surface area (Å²) in [5, 5.41) is 9.54. The van der Waals surface area contributed by atoms with E-state index in [2.05, 4.69) is 24.3 Å². The van der Waals surface area contributed by atoms with Crippen LogP contribution in [0.5, 0.6) is 11.5 Å². The number of carboxylic acids is 1. The normalized spacial score (nSPS) is 21.2. The highest BCUT2D eigenvalue weighted by atomic mass is 16.5. The second kappa shape index (κ2) is 9.92. The number of aliphatic carboxylic acids is 1. The maximum Gasteiger partial charge on any atom is 0.306 e. The molecule has 0 aliphatic heterocycles. The first-order chi connectivity index (χ1) is 16.6. The van der Waals surface area contributed by atoms with Crippen LogP contribution in [0, 0.1) is 17.8 Å². The fraction of sp³-hybridized carbons (Fsp3) is 0.367. The fourth-order valence-electron chi connectivity index (χ4n) is 5.08. The number of benzene rings is 3. The molecule has 0 heterocycles. The van der Waals surface area contributed by atoms with Crippen molar-refractivity contribution in [3.05, 3.63) is 84.4 Å². The van der Waals surface area contributed by atoms with Gasteiger partial charge in [-0.25, -0.2) is 0 Å². The molecule has 34 heavy (non-hydrogen) atoms. The van der Waals surface area contributed by atoms with E-state index in [1.807, 2.05) is 61.5 Å². The van der Waals surface area contributed by atoms with E-state index in [4.69, 9.17) is 9.47 Å². The van der Waals surface area contributed by atoms with Gasteiger partial charge in [-0.15, -0.1) is 0 Å². The molecule has 0 spiro atoms. The Labute approximate surface area is 201 Å². The van der Waals surface area contributed by atoms with Gasteiger partial charge in [0.1, 0.15) is 11.5 Å². The smallest absolute Gasteiger partial charge is 0.306 e. The Morgan fingerprint density at radius 1 is 0.912 bits per heavy atom. The third kappa shape index (κ3) is 5.27. The number of hydrogen-bond donors (Lipinski definition) is 1. The Bertz CT molecular complexity index is 1120. The quantitative estimate of drug-likeness (QED) is 0.364. The third-order valence-electron chi connectivity index (χ3n) is 7.22. The lowest BCUT2D eigenvalue weighted by Gasteiger charge is -2.35. The summed E-state index contributed by atoms with van der Waals surface area (Å²) in [5.74, 6) is 1.66. The van der Waals surface area contributed by atoms with Gasteiger partial charge in [0.05, 0.1) is 18.6 Å². The van der Waals surface area contributed by atoms with E-state index in [9.17, 15) is 9.90 Å². The zero-order chi connectivity index (χ0) is 23.5. The van der Waals surface area contributed by atoms with Crippen molar-refractivity contribution in [2.24, 2.45) is 17.8 Å². The molecule has 176 valence electrons. The SMILES string of the molecule is C[C@H](C(=O)O)[C@H](c1cccc(OCC2CC(Oc3cccc(-c4ccccc4)c3)C2)c1)C1CC1. The van der Waals surface area contributed by atoms with Crippen molar-refractivity contribution >= 4 is 5.97 Å². The standard InChI is InChI=1S/C30H32O4/c1-20(30(31)32)29(23-13-14-23)25-10-6-11-26(18-25)33-19-21-15-28(16-21)34-27-12-5-9-24(17-27)22-7-3-2-4-8-22/h2-12,17-18,20-21,23,28-29H,13-16,19H2,1H3,(H,31,32)/t20-,21?,28?,29-/m0/s1. The van der Waals surface area contributed by atoms with E-state index in [-0.39, 0.29) is 17.9 Å². The van der Waals surface area contributed by atoms with Gasteiger partial charge in [-0.2, -0.15) is 0 Å². The van der Waals surface area contributed by atoms with E-state index in [0.717, 1.165) is 42.7 Å². The maximum atomic E-state index is 11.6. The van der Waals surface area contributed by atoms with Crippen molar-refractivity contribution in [2.75, 3.05) is 6.61 Å². The van der Waals surface area contributed by atoms with E-state index < -0.39 is 5.97 Å². The highest BCUT2D eigenvalue weighted by Crippen LogP contribution is 2.47. The van der Waals surface area contributed by atoms with Crippen LogP contribution in [-0.2, 0) is 4.79 Å². The summed E-state index contributed by atoms with van der Waals surface area (Å²) in [6.45, 7) is 2.48. The molecule has 0 unspecified atom stereocenters. The highest BCUT2D eigenvalue weighted by Gasteiger charge is 2.38. The average Bonchev–Trinajstić information content (AvgIpc) is 3.67. The molecule has 5 rings (SSSR count). The molecule has 0 saturated heterocycles. The Morgan fingerprint density at radius 2 is 1.62 bits per heavy atom. The summed E-state index contributed by atoms with van der Waals surface area (Å²) in [7, 11) is 0. The molecule has 4 heteroatoms. The minimum absolute atomic E-state index is 0.0641. The van der Waals surface area contributed by atoms with Gasteiger partial charge < -0.3 is 14.6 Å². The summed E-state index contributed by atoms with van der Waals surface area (Å²) < 4.78 is 12.3. The van der Waals surface area contributed by atoms with Crippen molar-refractivity contribution in [2.45, 2.75) is 44.6 Å². The second-order valence-corrected chi connectivity index (χ2v) is 9.84. The van der Waals surface area contributed by atoms with Crippen molar-refractivity contribution in [1.29, 1.82) is 0 Å². The van der Waals surface area contributed by atoms with Crippen LogP contribution in [0.1, 0.15) is 44.1 Å². The summed E-state index contributed by atoms with van der Waals surface area (Å²) >= 11 is 0. The summed E-state index contributed by atoms with van der Waals surface area (Å²) in [6, 6.07) is 26.7. The Kier molecular flexibility index (Phi) is 6.57. The Morgan fingerprint density at radius 3 is 2.35 bits per heavy atom. The van der Waals surface area contributed by atoms with Gasteiger partial charge in [-0.3, -0.25) is 4.79 Å². The largest absolute Gasteiger partial charge is 0.493 e. The number of ether oxygens (including phenoxy) is 2. The van der Waals surface area contributed by atoms with Gasteiger partial charge in [0.2, 0.25) is 0 Å². The molecule has 0 amide bonds. The third-order valence-corrected chi connectivity index (χ3v) is 7.22. The van der Waals surface area contributed by atoms with Gasteiger partial charge in [0.15, 0.2) is 0 Å². The molecule has 0 bridgehead atoms. The number of carboxylic acid groups (broad SMARTS) is 1. The predicted octanol–water partition coefficient (Wildman–Crippen LogP) is 6.80. The zero-order valence-corrected chi connectivity index (χ0v) is 19.6. The molecule has 4 nitrogen and oxygen atoms in total. The Hall–Kier alpha value is -3.27. The average molecular weight is 457 g/mol. The molecule has 2 aliphatic rings. The monoisotopic (exact) mass is 456 g/mol. The molecule has 2 aliphatic carbocycles. The first kappa shape index (κ1) is 22.5. The first-order valence-corrected chi connectivity index (χ1v) is 12.3. The van der Waals surface area contributed by atoms with Gasteiger partial charge >= 0.3 is 5.97 Å². The van der Waals surface area contributed by atoms with Crippen molar-refractivity contribution in [3.8, 4) is 22.6 Å². The van der Waals surface area contributed by atoms with Crippen LogP contribution in [0.4, 0.5) is 0 Å². The number of hydrogen-bond acceptors (Lipinski definition) is 3. The van der Waals surface area contributed by atoms with Gasteiger partial charge in [-0.1, -0.05) is 61.5 Å². The van der Waals surface area contributed by atoms with E-state index in [1.54, 1.807) is 0 Å². The Balaban J connectivity index is 1.13. The lowest BCUT2D eigenvalue weighted by Crippen LogP contribution is -2.37. The molecule has 1 N–H and O–H groups in total. The van der Waals surface area contributed by atoms with E-state index in [1.165, 1.54) is 11.1 Å². The van der Waals surface area contributed by atoms with E-state index >= 15 is 0 Å². The molecule has 3 aromatic rings. The molecule has 2 fully saturated rings. The van der Waals surface area contributed by atoms with Crippen LogP contribution < -0.4 is 9.47 Å². The fourth-order valence-corrected chi connectivity index (χ4v) is 5.08. The van der Waals surface area contributed by atoms with Crippen molar-refractivity contribution in [3.63, 3.8) is 0 Å². The minimum atomic E-state index is -0.724. The number of carbonyl (C=O) groups is 1. The second-order valence-electron chi connectivity index (χ2n) is 9.84. The summed E-state index contributed by atoms with van der Waals surface area (Å²) in [6.07, 6.45) is 4.42. The molecule has 0 radical (unpaired) electrons. The van der Waals surface area contributed by atoms with Crippen molar-refractivity contribution < 1.29 is 19.4 Å². The molecular formula is C30H32O4.